The first-order chi connectivity index (χ1) is 27.4. The molecule has 1 amide bonds. The summed E-state index contributed by atoms with van der Waals surface area (Å²) in [5.41, 5.74) is 8.50. The maximum Gasteiger partial charge on any atom is 0.411 e. The molecule has 12 nitrogen and oxygen atoms in total. The lowest BCUT2D eigenvalue weighted by molar-refractivity contribution is -0.311. The minimum atomic E-state index is -6.36. The van der Waals surface area contributed by atoms with E-state index in [4.69, 9.17) is 15.6 Å². The highest BCUT2D eigenvalue weighted by Crippen LogP contribution is 2.50. The van der Waals surface area contributed by atoms with Crippen LogP contribution in [0.3, 0.4) is 0 Å². The van der Waals surface area contributed by atoms with E-state index >= 15 is 0 Å². The van der Waals surface area contributed by atoms with Crippen LogP contribution in [0.1, 0.15) is 49.9 Å². The van der Waals surface area contributed by atoms with Crippen molar-refractivity contribution in [2.45, 2.75) is 62.7 Å². The van der Waals surface area contributed by atoms with Crippen molar-refractivity contribution in [2.75, 3.05) is 39.1 Å². The zero-order valence-electron chi connectivity index (χ0n) is 31.9. The van der Waals surface area contributed by atoms with E-state index in [0.29, 0.717) is 37.8 Å². The number of rotatable bonds is 19. The Kier molecular flexibility index (Phi) is 13.9. The number of hydrogen-bond donors (Lipinski definition) is 4. The highest BCUT2D eigenvalue weighted by Gasteiger charge is 2.77. The van der Waals surface area contributed by atoms with E-state index in [0.717, 1.165) is 42.5 Å². The van der Waals surface area contributed by atoms with Crippen LogP contribution >= 0.6 is 0 Å². The van der Waals surface area contributed by atoms with Crippen LogP contribution in [0.5, 0.6) is 5.88 Å². The molecule has 1 aliphatic rings. The Balaban J connectivity index is 1.30. The van der Waals surface area contributed by atoms with Gasteiger partial charge in [-0.15, -0.1) is 0 Å². The molecule has 4 aromatic rings. The fourth-order valence-electron chi connectivity index (χ4n) is 6.70. The van der Waals surface area contributed by atoms with Crippen LogP contribution in [-0.2, 0) is 26.7 Å². The molecule has 1 aliphatic carbocycles. The van der Waals surface area contributed by atoms with E-state index in [1.54, 1.807) is 12.3 Å². The number of anilines is 1. The highest BCUT2D eigenvalue weighted by molar-refractivity contribution is 5.96. The molecule has 1 fully saturated rings. The van der Waals surface area contributed by atoms with Crippen LogP contribution in [0.4, 0.5) is 32.0 Å². The molecule has 0 saturated heterocycles. The molecular weight excluding hydrogens is 772 g/mol. The Morgan fingerprint density at radius 3 is 2.28 bits per heavy atom. The molecule has 2 aromatic heterocycles. The number of carbonyl (C=O) groups excluding carboxylic acids is 2. The standard InChI is InChI=1S/C40H45F6N7O5/c1-53(2)17-4-18-58-33-16-13-29(23-48-33)28-6-3-5-25(19-28)20-30(21-32(54)26-9-7-24(22-47)8-10-26)35(55)49-31-14-11-27(12-15-31)34-50-36(52-51-34)38(41,42)40(45,46)39(43,44)37(56)57/h3,5-6,11-16,19,23-24,26,30H,4,7-10,17-18,20-22,47H2,1-2H3,(H,49,55)(H,56,57)(H,50,51,52)/t24?,26?,30-/m1/s1. The SMILES string of the molecule is CN(C)CCCOc1ccc(-c2cccc(C[C@H](CC(=O)C3CCC(CN)CC3)C(=O)Nc3ccc(-c4n[nH]c(C(F)(F)C(F)(F)C(F)(F)C(=O)O)n4)cc3)c2)cn1. The normalized spacial score (nSPS) is 16.9. The molecule has 0 bridgehead atoms. The summed E-state index contributed by atoms with van der Waals surface area (Å²) >= 11 is 0. The van der Waals surface area contributed by atoms with Gasteiger partial charge in [-0.05, 0) is 107 Å². The Bertz CT molecular complexity index is 2020. The van der Waals surface area contributed by atoms with Crippen molar-refractivity contribution in [1.29, 1.82) is 0 Å². The Hall–Kier alpha value is -5.36. The number of nitrogens with one attached hydrogen (secondary N) is 2. The topological polar surface area (TPSA) is 176 Å². The van der Waals surface area contributed by atoms with Gasteiger partial charge in [-0.25, -0.2) is 14.8 Å². The molecule has 2 aromatic carbocycles. The van der Waals surface area contributed by atoms with E-state index in [1.165, 1.54) is 29.4 Å². The lowest BCUT2D eigenvalue weighted by Gasteiger charge is -2.28. The van der Waals surface area contributed by atoms with Gasteiger partial charge in [0.25, 0.3) is 0 Å². The van der Waals surface area contributed by atoms with E-state index in [9.17, 15) is 40.7 Å². The molecule has 1 atom stereocenters. The van der Waals surface area contributed by atoms with Crippen LogP contribution in [-0.4, -0.2) is 93.5 Å². The maximum atomic E-state index is 14.5. The maximum absolute atomic E-state index is 14.5. The molecule has 58 heavy (non-hydrogen) atoms. The molecule has 312 valence electrons. The van der Waals surface area contributed by atoms with Crippen molar-refractivity contribution in [3.05, 3.63) is 78.2 Å². The molecular formula is C40H45F6N7O5. The monoisotopic (exact) mass is 817 g/mol. The first-order valence-electron chi connectivity index (χ1n) is 18.7. The summed E-state index contributed by atoms with van der Waals surface area (Å²) in [4.78, 5) is 47.8. The summed E-state index contributed by atoms with van der Waals surface area (Å²) < 4.78 is 89.9. The number of nitrogens with zero attached hydrogens (tertiary/aromatic N) is 4. The summed E-state index contributed by atoms with van der Waals surface area (Å²) in [7, 11) is 3.98. The van der Waals surface area contributed by atoms with Gasteiger partial charge in [0.2, 0.25) is 17.6 Å². The Labute approximate surface area is 330 Å². The molecule has 0 unspecified atom stereocenters. The minimum Gasteiger partial charge on any atom is -0.478 e. The van der Waals surface area contributed by atoms with E-state index in [-0.39, 0.29) is 35.8 Å². The number of alkyl halides is 6. The smallest absolute Gasteiger partial charge is 0.411 e. The van der Waals surface area contributed by atoms with Gasteiger partial charge in [0.1, 0.15) is 5.78 Å². The number of amides is 1. The molecule has 0 radical (unpaired) electrons. The van der Waals surface area contributed by atoms with Crippen molar-refractivity contribution >= 4 is 23.3 Å². The van der Waals surface area contributed by atoms with E-state index in [2.05, 4.69) is 25.3 Å². The number of ether oxygens (including phenoxy) is 1. The molecule has 0 spiro atoms. The van der Waals surface area contributed by atoms with Gasteiger partial charge >= 0.3 is 23.7 Å². The average molecular weight is 818 g/mol. The number of halogens is 6. The number of aromatic nitrogens is 4. The molecule has 0 aliphatic heterocycles. The number of H-pyrrole nitrogens is 1. The van der Waals surface area contributed by atoms with Crippen LogP contribution < -0.4 is 15.8 Å². The van der Waals surface area contributed by atoms with Gasteiger partial charge in [-0.3, -0.25) is 14.7 Å². The number of ketones is 1. The summed E-state index contributed by atoms with van der Waals surface area (Å²) in [5.74, 6) is -24.9. The number of carbonyl (C=O) groups is 3. The van der Waals surface area contributed by atoms with Crippen LogP contribution in [0.2, 0.25) is 0 Å². The third kappa shape index (κ3) is 10.2. The first-order valence-corrected chi connectivity index (χ1v) is 18.7. The van der Waals surface area contributed by atoms with Gasteiger partial charge in [-0.1, -0.05) is 24.3 Å². The predicted octanol–water partition coefficient (Wildman–Crippen LogP) is 6.83. The van der Waals surface area contributed by atoms with Gasteiger partial charge in [-0.2, -0.15) is 31.4 Å². The number of aromatic amines is 1. The summed E-state index contributed by atoms with van der Waals surface area (Å²) in [6.07, 6.45) is 5.75. The number of benzene rings is 2. The number of aliphatic carboxylic acids is 1. The number of Topliss-reactive ketones (excluding diaryl/α,β-unsaturated/α-hetero) is 1. The largest absolute Gasteiger partial charge is 0.478 e. The average Bonchev–Trinajstić information content (AvgIpc) is 3.71. The fourth-order valence-corrected chi connectivity index (χ4v) is 6.70. The molecule has 18 heteroatoms. The predicted molar refractivity (Wildman–Crippen MR) is 202 cm³/mol. The molecule has 5 rings (SSSR count). The number of pyridine rings is 1. The van der Waals surface area contributed by atoms with Crippen molar-refractivity contribution in [2.24, 2.45) is 23.5 Å². The van der Waals surface area contributed by atoms with Crippen molar-refractivity contribution in [3.63, 3.8) is 0 Å². The lowest BCUT2D eigenvalue weighted by Crippen LogP contribution is -2.56. The van der Waals surface area contributed by atoms with Crippen LogP contribution in [0, 0.1) is 17.8 Å². The number of carboxylic acid groups (broad SMARTS) is 1. The van der Waals surface area contributed by atoms with E-state index < -0.39 is 47.2 Å². The van der Waals surface area contributed by atoms with Gasteiger partial charge in [0.05, 0.1) is 6.61 Å². The molecule has 5 N–H and O–H groups in total. The number of hydrogen-bond acceptors (Lipinski definition) is 9. The third-order valence-electron chi connectivity index (χ3n) is 10.2. The Morgan fingerprint density at radius 1 is 0.966 bits per heavy atom. The zero-order valence-corrected chi connectivity index (χ0v) is 31.9. The fraction of sp³-hybridized carbons (Fsp3) is 0.450. The lowest BCUT2D eigenvalue weighted by atomic mass is 9.77. The molecule has 2 heterocycles. The van der Waals surface area contributed by atoms with Gasteiger partial charge in [0.15, 0.2) is 5.82 Å². The molecule has 1 saturated carbocycles. The summed E-state index contributed by atoms with van der Waals surface area (Å²) in [6, 6.07) is 16.4. The second-order valence-corrected chi connectivity index (χ2v) is 14.7. The van der Waals surface area contributed by atoms with E-state index in [1.807, 2.05) is 44.4 Å². The second kappa shape index (κ2) is 18.5. The van der Waals surface area contributed by atoms with Gasteiger partial charge < -0.3 is 25.8 Å². The number of nitrogens with two attached hydrogens (primary N) is 1. The van der Waals surface area contributed by atoms with Gasteiger partial charge in [0, 0.05) is 53.9 Å². The van der Waals surface area contributed by atoms with Crippen LogP contribution in [0.25, 0.3) is 22.5 Å². The first kappa shape index (κ1) is 43.8. The summed E-state index contributed by atoms with van der Waals surface area (Å²) in [5, 5.41) is 16.1. The number of carboxylic acids is 1. The van der Waals surface area contributed by atoms with Crippen molar-refractivity contribution < 1.29 is 50.6 Å². The second-order valence-electron chi connectivity index (χ2n) is 14.7. The highest BCUT2D eigenvalue weighted by atomic mass is 19.3. The Morgan fingerprint density at radius 2 is 1.66 bits per heavy atom. The van der Waals surface area contributed by atoms with Crippen LogP contribution in [0.15, 0.2) is 66.9 Å². The zero-order chi connectivity index (χ0) is 42.3. The van der Waals surface area contributed by atoms with Crippen molar-refractivity contribution in [3.8, 4) is 28.4 Å². The summed E-state index contributed by atoms with van der Waals surface area (Å²) in [6.45, 7) is 1.96. The third-order valence-corrected chi connectivity index (χ3v) is 10.2. The van der Waals surface area contributed by atoms with Crippen molar-refractivity contribution in [1.82, 2.24) is 25.1 Å². The quantitative estimate of drug-likeness (QED) is 0.0580. The minimum absolute atomic E-state index is 0.0281.